The second-order valence-electron chi connectivity index (χ2n) is 4.56. The monoisotopic (exact) mass is 319 g/mol. The molecule has 6 heteroatoms. The van der Waals surface area contributed by atoms with Crippen LogP contribution in [0.1, 0.15) is 11.4 Å². The van der Waals surface area contributed by atoms with Gasteiger partial charge in [-0.15, -0.1) is 0 Å². The van der Waals surface area contributed by atoms with E-state index in [1.807, 2.05) is 24.3 Å². The highest BCUT2D eigenvalue weighted by molar-refractivity contribution is 6.33. The summed E-state index contributed by atoms with van der Waals surface area (Å²) in [6.07, 6.45) is 0.548. The quantitative estimate of drug-likeness (QED) is 0.734. The van der Waals surface area contributed by atoms with Crippen LogP contribution in [0.25, 0.3) is 11.5 Å². The molecule has 2 aromatic carbocycles. The van der Waals surface area contributed by atoms with E-state index in [0.717, 1.165) is 11.1 Å². The average Bonchev–Trinajstić information content (AvgIpc) is 2.90. The summed E-state index contributed by atoms with van der Waals surface area (Å²) in [5, 5.41) is 5.11. The SMILES string of the molecule is Nc1ccc(-c2nc(Cc3cccc(Cl)c3)no2)cc1Cl. The third-order valence-corrected chi connectivity index (χ3v) is 3.53. The fraction of sp³-hybridized carbons (Fsp3) is 0.0667. The number of hydrogen-bond donors (Lipinski definition) is 1. The van der Waals surface area contributed by atoms with Crippen molar-refractivity contribution < 1.29 is 4.52 Å². The van der Waals surface area contributed by atoms with Gasteiger partial charge in [-0.05, 0) is 35.9 Å². The average molecular weight is 320 g/mol. The molecule has 0 unspecified atom stereocenters. The summed E-state index contributed by atoms with van der Waals surface area (Å²) in [6.45, 7) is 0. The first-order valence-electron chi connectivity index (χ1n) is 6.24. The first kappa shape index (κ1) is 13.9. The van der Waals surface area contributed by atoms with Gasteiger partial charge in [-0.25, -0.2) is 0 Å². The maximum atomic E-state index is 5.99. The van der Waals surface area contributed by atoms with E-state index in [4.69, 9.17) is 33.5 Å². The molecule has 0 aliphatic rings. The van der Waals surface area contributed by atoms with Crippen LogP contribution in [0.4, 0.5) is 5.69 Å². The molecule has 0 aliphatic heterocycles. The summed E-state index contributed by atoms with van der Waals surface area (Å²) in [7, 11) is 0. The number of anilines is 1. The molecule has 0 atom stereocenters. The fourth-order valence-electron chi connectivity index (χ4n) is 1.93. The van der Waals surface area contributed by atoms with Crippen LogP contribution in [0.15, 0.2) is 47.0 Å². The Labute approximate surface area is 131 Å². The number of nitrogens with zero attached hydrogens (tertiary/aromatic N) is 2. The number of benzene rings is 2. The smallest absolute Gasteiger partial charge is 0.257 e. The lowest BCUT2D eigenvalue weighted by molar-refractivity contribution is 0.424. The lowest BCUT2D eigenvalue weighted by Crippen LogP contribution is -1.91. The molecule has 1 aromatic heterocycles. The normalized spacial score (nSPS) is 10.8. The molecule has 0 spiro atoms. The van der Waals surface area contributed by atoms with Crippen molar-refractivity contribution in [2.45, 2.75) is 6.42 Å². The molecule has 106 valence electrons. The highest BCUT2D eigenvalue weighted by Gasteiger charge is 2.11. The van der Waals surface area contributed by atoms with Crippen molar-refractivity contribution in [2.75, 3.05) is 5.73 Å². The molecule has 0 fully saturated rings. The minimum atomic E-state index is 0.411. The molecular formula is C15H11Cl2N3O. The second-order valence-corrected chi connectivity index (χ2v) is 5.40. The molecular weight excluding hydrogens is 309 g/mol. The Morgan fingerprint density at radius 3 is 2.71 bits per heavy atom. The summed E-state index contributed by atoms with van der Waals surface area (Å²) in [5.74, 6) is 0.995. The number of rotatable bonds is 3. The van der Waals surface area contributed by atoms with Gasteiger partial charge in [-0.1, -0.05) is 40.5 Å². The molecule has 3 rings (SSSR count). The van der Waals surface area contributed by atoms with Gasteiger partial charge in [-0.2, -0.15) is 4.98 Å². The molecule has 3 aromatic rings. The number of aromatic nitrogens is 2. The van der Waals surface area contributed by atoms with Crippen LogP contribution in [0.5, 0.6) is 0 Å². The van der Waals surface area contributed by atoms with Gasteiger partial charge in [0.1, 0.15) is 0 Å². The summed E-state index contributed by atoms with van der Waals surface area (Å²) < 4.78 is 5.25. The lowest BCUT2D eigenvalue weighted by atomic mass is 10.1. The Kier molecular flexibility index (Phi) is 3.82. The van der Waals surface area contributed by atoms with E-state index in [2.05, 4.69) is 10.1 Å². The van der Waals surface area contributed by atoms with Crippen LogP contribution in [0.2, 0.25) is 10.0 Å². The number of nitrogens with two attached hydrogens (primary N) is 1. The van der Waals surface area contributed by atoms with Crippen LogP contribution in [0, 0.1) is 0 Å². The third-order valence-electron chi connectivity index (χ3n) is 2.97. The van der Waals surface area contributed by atoms with Crippen molar-refractivity contribution in [3.63, 3.8) is 0 Å². The van der Waals surface area contributed by atoms with Crippen molar-refractivity contribution in [3.05, 3.63) is 63.9 Å². The van der Waals surface area contributed by atoms with Crippen LogP contribution in [-0.2, 0) is 6.42 Å². The Balaban J connectivity index is 1.84. The molecule has 21 heavy (non-hydrogen) atoms. The molecule has 1 heterocycles. The number of nitrogen functional groups attached to an aromatic ring is 1. The summed E-state index contributed by atoms with van der Waals surface area (Å²) in [6, 6.07) is 12.7. The first-order valence-corrected chi connectivity index (χ1v) is 7.00. The summed E-state index contributed by atoms with van der Waals surface area (Å²) in [5.41, 5.74) is 7.94. The lowest BCUT2D eigenvalue weighted by Gasteiger charge is -1.99. The Morgan fingerprint density at radius 2 is 1.95 bits per heavy atom. The van der Waals surface area contributed by atoms with Crippen LogP contribution < -0.4 is 5.73 Å². The van der Waals surface area contributed by atoms with Gasteiger partial charge >= 0.3 is 0 Å². The predicted molar refractivity (Wildman–Crippen MR) is 83.4 cm³/mol. The van der Waals surface area contributed by atoms with Gasteiger partial charge in [-0.3, -0.25) is 0 Å². The molecule has 0 saturated heterocycles. The van der Waals surface area contributed by atoms with Crippen LogP contribution in [0.3, 0.4) is 0 Å². The molecule has 4 nitrogen and oxygen atoms in total. The first-order chi connectivity index (χ1) is 10.1. The summed E-state index contributed by atoms with van der Waals surface area (Å²) in [4.78, 5) is 4.36. The predicted octanol–water partition coefficient (Wildman–Crippen LogP) is 4.22. The Hall–Kier alpha value is -2.04. The standard InChI is InChI=1S/C15H11Cl2N3O/c16-11-3-1-2-9(6-11)7-14-19-15(21-20-14)10-4-5-13(18)12(17)8-10/h1-6,8H,7,18H2. The van der Waals surface area contributed by atoms with E-state index in [-0.39, 0.29) is 0 Å². The molecule has 0 aliphatic carbocycles. The zero-order valence-corrected chi connectivity index (χ0v) is 12.4. The number of hydrogen-bond acceptors (Lipinski definition) is 4. The van der Waals surface area contributed by atoms with Gasteiger partial charge in [0.25, 0.3) is 5.89 Å². The van der Waals surface area contributed by atoms with E-state index in [0.29, 0.717) is 33.9 Å². The van der Waals surface area contributed by atoms with E-state index >= 15 is 0 Å². The zero-order chi connectivity index (χ0) is 14.8. The maximum Gasteiger partial charge on any atom is 0.257 e. The third kappa shape index (κ3) is 3.17. The van der Waals surface area contributed by atoms with Gasteiger partial charge in [0.15, 0.2) is 5.82 Å². The number of halogens is 2. The van der Waals surface area contributed by atoms with Gasteiger partial charge in [0, 0.05) is 17.0 Å². The molecule has 2 N–H and O–H groups in total. The van der Waals surface area contributed by atoms with Crippen molar-refractivity contribution in [1.29, 1.82) is 0 Å². The molecule has 0 radical (unpaired) electrons. The molecule has 0 amide bonds. The minimum absolute atomic E-state index is 0.411. The van der Waals surface area contributed by atoms with E-state index in [9.17, 15) is 0 Å². The van der Waals surface area contributed by atoms with Gasteiger partial charge < -0.3 is 10.3 Å². The minimum Gasteiger partial charge on any atom is -0.398 e. The highest BCUT2D eigenvalue weighted by atomic mass is 35.5. The summed E-state index contributed by atoms with van der Waals surface area (Å²) >= 11 is 11.9. The Bertz CT molecular complexity index is 786. The van der Waals surface area contributed by atoms with Crippen LogP contribution in [-0.4, -0.2) is 10.1 Å². The van der Waals surface area contributed by atoms with Gasteiger partial charge in [0.2, 0.25) is 0 Å². The maximum absolute atomic E-state index is 5.99. The largest absolute Gasteiger partial charge is 0.398 e. The molecule has 0 bridgehead atoms. The van der Waals surface area contributed by atoms with Crippen molar-refractivity contribution >= 4 is 28.9 Å². The van der Waals surface area contributed by atoms with Crippen LogP contribution >= 0.6 is 23.2 Å². The van der Waals surface area contributed by atoms with E-state index < -0.39 is 0 Å². The van der Waals surface area contributed by atoms with Gasteiger partial charge in [0.05, 0.1) is 10.7 Å². The highest BCUT2D eigenvalue weighted by Crippen LogP contribution is 2.26. The molecule has 0 saturated carbocycles. The topological polar surface area (TPSA) is 64.9 Å². The van der Waals surface area contributed by atoms with Crippen molar-refractivity contribution in [2.24, 2.45) is 0 Å². The fourth-order valence-corrected chi connectivity index (χ4v) is 2.33. The van der Waals surface area contributed by atoms with Crippen molar-refractivity contribution in [3.8, 4) is 11.5 Å². The zero-order valence-electron chi connectivity index (χ0n) is 10.9. The van der Waals surface area contributed by atoms with Crippen molar-refractivity contribution in [1.82, 2.24) is 10.1 Å². The van der Waals surface area contributed by atoms with E-state index in [1.54, 1.807) is 18.2 Å². The second kappa shape index (κ2) is 5.76. The van der Waals surface area contributed by atoms with E-state index in [1.165, 1.54) is 0 Å². The Morgan fingerprint density at radius 1 is 1.10 bits per heavy atom.